The number of carbonyl (C=O) groups excluding carboxylic acids is 1. The van der Waals surface area contributed by atoms with Gasteiger partial charge >= 0.3 is 6.03 Å². The first-order valence-electron chi connectivity index (χ1n) is 6.27. The number of likely N-dealkylation sites (tertiary alicyclic amines) is 1. The Balaban J connectivity index is 1.65. The molecule has 0 radical (unpaired) electrons. The summed E-state index contributed by atoms with van der Waals surface area (Å²) < 4.78 is 1.71. The minimum Gasteiger partial charge on any atom is -0.351 e. The fourth-order valence-corrected chi connectivity index (χ4v) is 2.19. The van der Waals surface area contributed by atoms with E-state index in [1.807, 2.05) is 7.05 Å². The lowest BCUT2D eigenvalue weighted by Crippen LogP contribution is -2.47. The van der Waals surface area contributed by atoms with E-state index in [2.05, 4.69) is 15.4 Å². The van der Waals surface area contributed by atoms with Gasteiger partial charge in [0, 0.05) is 39.1 Å². The molecule has 0 aromatic carbocycles. The number of hydrogen-bond acceptors (Lipinski definition) is 4. The summed E-state index contributed by atoms with van der Waals surface area (Å²) in [5, 5.41) is 7.70. The Kier molecular flexibility index (Phi) is 4.14. The molecule has 2 heterocycles. The molecule has 7 heteroatoms. The molecule has 3 N–H and O–H groups in total. The van der Waals surface area contributed by atoms with Crippen molar-refractivity contribution < 1.29 is 4.79 Å². The van der Waals surface area contributed by atoms with E-state index in [0.29, 0.717) is 6.04 Å². The van der Waals surface area contributed by atoms with Crippen LogP contribution in [0.15, 0.2) is 6.33 Å². The number of aryl methyl sites for hydroxylation is 1. The number of primary amides is 1. The summed E-state index contributed by atoms with van der Waals surface area (Å²) in [7, 11) is 1.86. The molecule has 18 heavy (non-hydrogen) atoms. The van der Waals surface area contributed by atoms with Crippen LogP contribution in [0.1, 0.15) is 18.7 Å². The normalized spacial score (nSPS) is 17.1. The maximum Gasteiger partial charge on any atom is 0.314 e. The molecule has 100 valence electrons. The zero-order valence-electron chi connectivity index (χ0n) is 10.7. The molecule has 1 aromatic heterocycles. The monoisotopic (exact) mass is 252 g/mol. The molecule has 0 atom stereocenters. The van der Waals surface area contributed by atoms with Gasteiger partial charge in [-0.15, -0.1) is 0 Å². The molecule has 7 nitrogen and oxygen atoms in total. The molecule has 0 bridgehead atoms. The Labute approximate surface area is 106 Å². The predicted molar refractivity (Wildman–Crippen MR) is 66.9 cm³/mol. The van der Waals surface area contributed by atoms with E-state index < -0.39 is 0 Å². The molecule has 1 aliphatic rings. The van der Waals surface area contributed by atoms with Crippen molar-refractivity contribution in [2.75, 3.05) is 19.6 Å². The van der Waals surface area contributed by atoms with E-state index in [-0.39, 0.29) is 6.03 Å². The number of hydrogen-bond donors (Lipinski definition) is 2. The molecule has 2 rings (SSSR count). The number of nitrogens with two attached hydrogens (primary N) is 1. The van der Waals surface area contributed by atoms with Crippen LogP contribution in [0.25, 0.3) is 0 Å². The Morgan fingerprint density at radius 2 is 2.28 bits per heavy atom. The molecule has 2 amide bonds. The van der Waals surface area contributed by atoms with Crippen LogP contribution in [0.3, 0.4) is 0 Å². The van der Waals surface area contributed by atoms with Crippen molar-refractivity contribution in [2.45, 2.75) is 25.3 Å². The Hall–Kier alpha value is -1.63. The van der Waals surface area contributed by atoms with Gasteiger partial charge in [-0.1, -0.05) is 0 Å². The molecule has 0 unspecified atom stereocenters. The second-order valence-electron chi connectivity index (χ2n) is 4.64. The van der Waals surface area contributed by atoms with Gasteiger partial charge in [-0.05, 0) is 12.8 Å². The summed E-state index contributed by atoms with van der Waals surface area (Å²) in [6, 6.07) is 0.149. The summed E-state index contributed by atoms with van der Waals surface area (Å²) in [4.78, 5) is 16.8. The van der Waals surface area contributed by atoms with Crippen molar-refractivity contribution in [1.29, 1.82) is 0 Å². The SMILES string of the molecule is Cn1cnc(CCNC2CCN(C(N)=O)CC2)n1. The molecule has 1 fully saturated rings. The molecular formula is C11H20N6O. The highest BCUT2D eigenvalue weighted by Gasteiger charge is 2.20. The molecule has 1 aliphatic heterocycles. The van der Waals surface area contributed by atoms with Crippen LogP contribution in [0.4, 0.5) is 4.79 Å². The Morgan fingerprint density at radius 1 is 1.56 bits per heavy atom. The minimum atomic E-state index is -0.314. The zero-order chi connectivity index (χ0) is 13.0. The average Bonchev–Trinajstić information content (AvgIpc) is 2.76. The van der Waals surface area contributed by atoms with Crippen molar-refractivity contribution in [3.8, 4) is 0 Å². The van der Waals surface area contributed by atoms with Crippen molar-refractivity contribution in [1.82, 2.24) is 25.0 Å². The van der Waals surface area contributed by atoms with E-state index in [9.17, 15) is 4.79 Å². The summed E-state index contributed by atoms with van der Waals surface area (Å²) in [6.45, 7) is 2.36. The van der Waals surface area contributed by atoms with Crippen molar-refractivity contribution in [3.05, 3.63) is 12.2 Å². The summed E-state index contributed by atoms with van der Waals surface area (Å²) in [5.74, 6) is 0.861. The molecule has 0 aliphatic carbocycles. The molecule has 0 spiro atoms. The fraction of sp³-hybridized carbons (Fsp3) is 0.727. The Bertz CT molecular complexity index is 396. The van der Waals surface area contributed by atoms with Crippen LogP contribution in [0.5, 0.6) is 0 Å². The number of amides is 2. The molecule has 1 saturated heterocycles. The van der Waals surface area contributed by atoms with Gasteiger partial charge in [-0.25, -0.2) is 9.78 Å². The topological polar surface area (TPSA) is 89.1 Å². The zero-order valence-corrected chi connectivity index (χ0v) is 10.7. The van der Waals surface area contributed by atoms with Gasteiger partial charge in [0.1, 0.15) is 6.33 Å². The predicted octanol–water partition coefficient (Wildman–Crippen LogP) is -0.510. The van der Waals surface area contributed by atoms with Gasteiger partial charge in [-0.3, -0.25) is 4.68 Å². The smallest absolute Gasteiger partial charge is 0.314 e. The van der Waals surface area contributed by atoms with Gasteiger partial charge in [0.15, 0.2) is 5.82 Å². The van der Waals surface area contributed by atoms with Crippen molar-refractivity contribution >= 4 is 6.03 Å². The van der Waals surface area contributed by atoms with Gasteiger partial charge < -0.3 is 16.0 Å². The van der Waals surface area contributed by atoms with Gasteiger partial charge in [0.05, 0.1) is 0 Å². The third-order valence-electron chi connectivity index (χ3n) is 3.24. The number of carbonyl (C=O) groups is 1. The number of piperidine rings is 1. The summed E-state index contributed by atoms with van der Waals surface area (Å²) in [6.07, 6.45) is 4.45. The minimum absolute atomic E-state index is 0.314. The van der Waals surface area contributed by atoms with Gasteiger partial charge in [-0.2, -0.15) is 5.10 Å². The van der Waals surface area contributed by atoms with Crippen LogP contribution in [0, 0.1) is 0 Å². The lowest BCUT2D eigenvalue weighted by atomic mass is 10.1. The molecular weight excluding hydrogens is 232 g/mol. The van der Waals surface area contributed by atoms with E-state index in [1.165, 1.54) is 0 Å². The van der Waals surface area contributed by atoms with E-state index in [1.54, 1.807) is 15.9 Å². The first kappa shape index (κ1) is 12.8. The van der Waals surface area contributed by atoms with E-state index in [4.69, 9.17) is 5.73 Å². The van der Waals surface area contributed by atoms with Crippen LogP contribution < -0.4 is 11.1 Å². The summed E-state index contributed by atoms with van der Waals surface area (Å²) in [5.41, 5.74) is 5.24. The van der Waals surface area contributed by atoms with Crippen LogP contribution in [0.2, 0.25) is 0 Å². The number of urea groups is 1. The van der Waals surface area contributed by atoms with Crippen molar-refractivity contribution in [3.63, 3.8) is 0 Å². The first-order chi connectivity index (χ1) is 8.65. The van der Waals surface area contributed by atoms with Crippen molar-refractivity contribution in [2.24, 2.45) is 12.8 Å². The molecule has 1 aromatic rings. The third-order valence-corrected chi connectivity index (χ3v) is 3.24. The van der Waals surface area contributed by atoms with Crippen LogP contribution >= 0.6 is 0 Å². The highest BCUT2D eigenvalue weighted by molar-refractivity contribution is 5.72. The second kappa shape index (κ2) is 5.81. The van der Waals surface area contributed by atoms with E-state index >= 15 is 0 Å². The van der Waals surface area contributed by atoms with Gasteiger partial charge in [0.25, 0.3) is 0 Å². The first-order valence-corrected chi connectivity index (χ1v) is 6.27. The number of nitrogens with one attached hydrogen (secondary N) is 1. The fourth-order valence-electron chi connectivity index (χ4n) is 2.19. The van der Waals surface area contributed by atoms with Crippen LogP contribution in [-0.4, -0.2) is 51.4 Å². The maximum atomic E-state index is 11.0. The summed E-state index contributed by atoms with van der Waals surface area (Å²) >= 11 is 0. The largest absolute Gasteiger partial charge is 0.351 e. The highest BCUT2D eigenvalue weighted by atomic mass is 16.2. The number of aromatic nitrogens is 3. The lowest BCUT2D eigenvalue weighted by Gasteiger charge is -2.31. The quantitative estimate of drug-likeness (QED) is 0.755. The second-order valence-corrected chi connectivity index (χ2v) is 4.64. The third kappa shape index (κ3) is 3.43. The number of nitrogens with zero attached hydrogens (tertiary/aromatic N) is 4. The average molecular weight is 252 g/mol. The van der Waals surface area contributed by atoms with E-state index in [0.717, 1.165) is 44.7 Å². The highest BCUT2D eigenvalue weighted by Crippen LogP contribution is 2.09. The molecule has 0 saturated carbocycles. The Morgan fingerprint density at radius 3 is 2.83 bits per heavy atom. The maximum absolute atomic E-state index is 11.0. The standard InChI is InChI=1S/C11H20N6O/c1-16-8-14-10(15-16)2-5-13-9-3-6-17(7-4-9)11(12)18/h8-9,13H,2-7H2,1H3,(H2,12,18). The number of rotatable bonds is 4. The van der Waals surface area contributed by atoms with Gasteiger partial charge in [0.2, 0.25) is 0 Å². The lowest BCUT2D eigenvalue weighted by molar-refractivity contribution is 0.185. The van der Waals surface area contributed by atoms with Crippen LogP contribution in [-0.2, 0) is 13.5 Å².